The van der Waals surface area contributed by atoms with E-state index in [1.807, 2.05) is 48.5 Å². The number of imide groups is 1. The molecule has 180 valence electrons. The second-order valence-electron chi connectivity index (χ2n) is 8.12. The normalized spacial score (nSPS) is 14.6. The molecule has 36 heavy (non-hydrogen) atoms. The molecule has 0 N–H and O–H groups in total. The maximum Gasteiger partial charge on any atom is 0.293 e. The number of ether oxygens (including phenoxy) is 2. The largest absolute Gasteiger partial charge is 0.490 e. The van der Waals surface area contributed by atoms with Gasteiger partial charge in [-0.2, -0.15) is 0 Å². The predicted molar refractivity (Wildman–Crippen MR) is 144 cm³/mol. The first-order chi connectivity index (χ1) is 17.6. The average molecular weight is 516 g/mol. The number of nitrogens with zero attached hydrogens (tertiary/aromatic N) is 1. The van der Waals surface area contributed by atoms with E-state index in [4.69, 9.17) is 21.1 Å². The van der Waals surface area contributed by atoms with Crippen LogP contribution in [0, 0.1) is 0 Å². The summed E-state index contributed by atoms with van der Waals surface area (Å²) in [5.41, 5.74) is 1.78. The molecule has 1 aliphatic heterocycles. The van der Waals surface area contributed by atoms with Crippen molar-refractivity contribution in [1.82, 2.24) is 4.90 Å². The summed E-state index contributed by atoms with van der Waals surface area (Å²) in [6.07, 6.45) is 1.70. The van der Waals surface area contributed by atoms with E-state index in [1.165, 1.54) is 10.3 Å². The van der Waals surface area contributed by atoms with E-state index in [9.17, 15) is 9.59 Å². The molecule has 1 aliphatic rings. The molecule has 0 saturated carbocycles. The van der Waals surface area contributed by atoms with Gasteiger partial charge in [0.05, 0.1) is 16.5 Å². The SMILES string of the molecule is O=C1S/C(=C\c2ccccc2OCc2ccc3ccccc3c2)C(=O)N1CCOc1ccccc1Cl. The molecule has 4 aromatic rings. The number of rotatable bonds is 8. The highest BCUT2D eigenvalue weighted by Gasteiger charge is 2.35. The van der Waals surface area contributed by atoms with Crippen LogP contribution in [0.2, 0.25) is 5.02 Å². The Morgan fingerprint density at radius 3 is 2.36 bits per heavy atom. The summed E-state index contributed by atoms with van der Waals surface area (Å²) < 4.78 is 11.7. The van der Waals surface area contributed by atoms with Gasteiger partial charge in [0, 0.05) is 5.56 Å². The molecule has 0 atom stereocenters. The van der Waals surface area contributed by atoms with Crippen LogP contribution in [0.3, 0.4) is 0 Å². The lowest BCUT2D eigenvalue weighted by molar-refractivity contribution is -0.123. The molecule has 1 heterocycles. The molecular formula is C29H22ClNO4S. The number of halogens is 1. The third-order valence-corrected chi connectivity index (χ3v) is 6.92. The molecule has 0 bridgehead atoms. The summed E-state index contributed by atoms with van der Waals surface area (Å²) in [5, 5.41) is 2.48. The van der Waals surface area contributed by atoms with Crippen LogP contribution in [0.1, 0.15) is 11.1 Å². The summed E-state index contributed by atoms with van der Waals surface area (Å²) in [5.74, 6) is 0.802. The Balaban J connectivity index is 1.26. The second-order valence-corrected chi connectivity index (χ2v) is 9.52. The van der Waals surface area contributed by atoms with Gasteiger partial charge < -0.3 is 9.47 Å². The van der Waals surface area contributed by atoms with Crippen LogP contribution in [0.4, 0.5) is 4.79 Å². The first kappa shape index (κ1) is 24.0. The summed E-state index contributed by atoms with van der Waals surface area (Å²) in [6, 6.07) is 28.9. The zero-order chi connectivity index (χ0) is 24.9. The molecule has 2 amide bonds. The minimum atomic E-state index is -0.350. The molecule has 0 aromatic heterocycles. The van der Waals surface area contributed by atoms with Crippen molar-refractivity contribution in [3.8, 4) is 11.5 Å². The van der Waals surface area contributed by atoms with Crippen LogP contribution in [-0.2, 0) is 11.4 Å². The maximum atomic E-state index is 12.9. The summed E-state index contributed by atoms with van der Waals surface area (Å²) in [4.78, 5) is 27.0. The zero-order valence-electron chi connectivity index (χ0n) is 19.2. The van der Waals surface area contributed by atoms with E-state index in [0.29, 0.717) is 28.0 Å². The van der Waals surface area contributed by atoms with Gasteiger partial charge in [-0.1, -0.05) is 78.3 Å². The fraction of sp³-hybridized carbons (Fsp3) is 0.103. The smallest absolute Gasteiger partial charge is 0.293 e. The van der Waals surface area contributed by atoms with Crippen molar-refractivity contribution in [1.29, 1.82) is 0 Å². The van der Waals surface area contributed by atoms with Gasteiger partial charge in [0.1, 0.15) is 24.7 Å². The Bertz CT molecular complexity index is 1470. The van der Waals surface area contributed by atoms with Gasteiger partial charge in [-0.05, 0) is 58.4 Å². The standard InChI is InChI=1S/C29H22ClNO4S/c30-24-10-4-6-12-26(24)34-16-15-31-28(32)27(36-29(31)33)18-23-9-3-5-11-25(23)35-19-20-13-14-21-7-1-2-8-22(21)17-20/h1-14,17-18H,15-16,19H2/b27-18-. The van der Waals surface area contributed by atoms with Crippen LogP contribution in [0.15, 0.2) is 95.9 Å². The van der Waals surface area contributed by atoms with Crippen LogP contribution in [0.25, 0.3) is 16.8 Å². The van der Waals surface area contributed by atoms with Gasteiger partial charge in [-0.3, -0.25) is 14.5 Å². The number of thioether (sulfide) groups is 1. The monoisotopic (exact) mass is 515 g/mol. The van der Waals surface area contributed by atoms with Crippen molar-refractivity contribution >= 4 is 51.4 Å². The number of benzene rings is 4. The van der Waals surface area contributed by atoms with Crippen LogP contribution >= 0.6 is 23.4 Å². The molecule has 1 fully saturated rings. The third kappa shape index (κ3) is 5.40. The fourth-order valence-corrected chi connectivity index (χ4v) is 4.91. The minimum absolute atomic E-state index is 0.132. The van der Waals surface area contributed by atoms with Gasteiger partial charge in [0.15, 0.2) is 0 Å². The number of carbonyl (C=O) groups is 2. The average Bonchev–Trinajstić information content (AvgIpc) is 3.16. The molecule has 1 saturated heterocycles. The number of amides is 2. The summed E-state index contributed by atoms with van der Waals surface area (Å²) in [6.45, 7) is 0.671. The molecule has 5 rings (SSSR count). The van der Waals surface area contributed by atoms with Crippen molar-refractivity contribution in [2.45, 2.75) is 6.61 Å². The van der Waals surface area contributed by atoms with Crippen LogP contribution in [-0.4, -0.2) is 29.2 Å². The number of fused-ring (bicyclic) bond motifs is 1. The van der Waals surface area contributed by atoms with Crippen molar-refractivity contribution in [3.05, 3.63) is 112 Å². The van der Waals surface area contributed by atoms with E-state index >= 15 is 0 Å². The highest BCUT2D eigenvalue weighted by molar-refractivity contribution is 8.18. The molecule has 0 radical (unpaired) electrons. The Kier molecular flexibility index (Phi) is 7.26. The number of carbonyl (C=O) groups excluding carboxylic acids is 2. The highest BCUT2D eigenvalue weighted by atomic mass is 35.5. The Labute approximate surface area is 218 Å². The number of para-hydroxylation sites is 2. The molecular weight excluding hydrogens is 494 g/mol. The molecule has 5 nitrogen and oxygen atoms in total. The zero-order valence-corrected chi connectivity index (χ0v) is 20.8. The topological polar surface area (TPSA) is 55.8 Å². The Morgan fingerprint density at radius 1 is 0.806 bits per heavy atom. The van der Waals surface area contributed by atoms with Crippen LogP contribution < -0.4 is 9.47 Å². The second kappa shape index (κ2) is 10.9. The van der Waals surface area contributed by atoms with Gasteiger partial charge >= 0.3 is 0 Å². The first-order valence-corrected chi connectivity index (χ1v) is 12.6. The van der Waals surface area contributed by atoms with Gasteiger partial charge in [-0.15, -0.1) is 0 Å². The van der Waals surface area contributed by atoms with Crippen molar-refractivity contribution in [2.75, 3.05) is 13.2 Å². The van der Waals surface area contributed by atoms with E-state index in [-0.39, 0.29) is 24.3 Å². The predicted octanol–water partition coefficient (Wildman–Crippen LogP) is 7.19. The number of hydrogen-bond acceptors (Lipinski definition) is 5. The van der Waals surface area contributed by atoms with Gasteiger partial charge in [0.25, 0.3) is 11.1 Å². The third-order valence-electron chi connectivity index (χ3n) is 5.70. The van der Waals surface area contributed by atoms with Crippen molar-refractivity contribution < 1.29 is 19.1 Å². The number of hydrogen-bond donors (Lipinski definition) is 0. The van der Waals surface area contributed by atoms with E-state index in [0.717, 1.165) is 28.3 Å². The summed E-state index contributed by atoms with van der Waals surface area (Å²) >= 11 is 7.01. The Morgan fingerprint density at radius 2 is 1.53 bits per heavy atom. The molecule has 0 aliphatic carbocycles. The molecule has 7 heteroatoms. The molecule has 0 spiro atoms. The fourth-order valence-electron chi connectivity index (χ4n) is 3.86. The van der Waals surface area contributed by atoms with Crippen molar-refractivity contribution in [3.63, 3.8) is 0 Å². The van der Waals surface area contributed by atoms with E-state index < -0.39 is 0 Å². The highest BCUT2D eigenvalue weighted by Crippen LogP contribution is 2.34. The van der Waals surface area contributed by atoms with Crippen molar-refractivity contribution in [2.24, 2.45) is 0 Å². The summed E-state index contributed by atoms with van der Waals surface area (Å²) in [7, 11) is 0. The molecule has 0 unspecified atom stereocenters. The minimum Gasteiger partial charge on any atom is -0.490 e. The lowest BCUT2D eigenvalue weighted by Crippen LogP contribution is -2.32. The molecule has 4 aromatic carbocycles. The maximum absolute atomic E-state index is 12.9. The Hall–Kier alpha value is -3.74. The van der Waals surface area contributed by atoms with Gasteiger partial charge in [0.2, 0.25) is 0 Å². The quantitative estimate of drug-likeness (QED) is 0.232. The van der Waals surface area contributed by atoms with E-state index in [1.54, 1.807) is 24.3 Å². The lowest BCUT2D eigenvalue weighted by atomic mass is 10.1. The lowest BCUT2D eigenvalue weighted by Gasteiger charge is -2.14. The van der Waals surface area contributed by atoms with Gasteiger partial charge in [-0.25, -0.2) is 0 Å². The van der Waals surface area contributed by atoms with E-state index in [2.05, 4.69) is 24.3 Å². The first-order valence-electron chi connectivity index (χ1n) is 11.4. The van der Waals surface area contributed by atoms with Crippen LogP contribution in [0.5, 0.6) is 11.5 Å².